The van der Waals surface area contributed by atoms with Gasteiger partial charge in [-0.2, -0.15) is 0 Å². The molecule has 3 rings (SSSR count). The van der Waals surface area contributed by atoms with Gasteiger partial charge in [0.1, 0.15) is 6.04 Å². The second-order valence-corrected chi connectivity index (χ2v) is 6.62. The van der Waals surface area contributed by atoms with Crippen molar-refractivity contribution in [3.63, 3.8) is 0 Å². The van der Waals surface area contributed by atoms with Crippen molar-refractivity contribution in [1.29, 1.82) is 0 Å². The fourth-order valence-electron chi connectivity index (χ4n) is 2.92. The molecule has 0 spiro atoms. The van der Waals surface area contributed by atoms with E-state index in [2.05, 4.69) is 16.2 Å². The molecule has 1 heterocycles. The van der Waals surface area contributed by atoms with Crippen LogP contribution in [-0.4, -0.2) is 16.8 Å². The summed E-state index contributed by atoms with van der Waals surface area (Å²) in [5.74, 6) is 1.09. The van der Waals surface area contributed by atoms with Crippen molar-refractivity contribution in [2.24, 2.45) is 0 Å². The number of hydrogen-bond acceptors (Lipinski definition) is 3. The SMILES string of the molecule is C#CC(=O)N(c1cccc(Cl)c1)C(C(=O)NCc1ccccc1)c1ccncc1. The first kappa shape index (κ1) is 20.1. The Balaban J connectivity index is 1.99. The fourth-order valence-corrected chi connectivity index (χ4v) is 3.11. The number of amides is 2. The van der Waals surface area contributed by atoms with E-state index in [1.54, 1.807) is 48.8 Å². The molecule has 144 valence electrons. The molecule has 2 aromatic carbocycles. The Labute approximate surface area is 174 Å². The lowest BCUT2D eigenvalue weighted by atomic mass is 10.0. The lowest BCUT2D eigenvalue weighted by molar-refractivity contribution is -0.125. The first-order chi connectivity index (χ1) is 14.1. The number of benzene rings is 2. The van der Waals surface area contributed by atoms with Crippen molar-refractivity contribution < 1.29 is 9.59 Å². The molecule has 1 atom stereocenters. The van der Waals surface area contributed by atoms with Crippen LogP contribution in [0.5, 0.6) is 0 Å². The minimum atomic E-state index is -0.983. The Kier molecular flexibility index (Phi) is 6.62. The molecule has 0 bridgehead atoms. The van der Waals surface area contributed by atoms with Crippen molar-refractivity contribution in [2.45, 2.75) is 12.6 Å². The van der Waals surface area contributed by atoms with Gasteiger partial charge in [-0.3, -0.25) is 19.5 Å². The van der Waals surface area contributed by atoms with E-state index in [4.69, 9.17) is 18.0 Å². The van der Waals surface area contributed by atoms with Crippen LogP contribution in [-0.2, 0) is 16.1 Å². The Morgan fingerprint density at radius 1 is 1.07 bits per heavy atom. The summed E-state index contributed by atoms with van der Waals surface area (Å²) in [6.45, 7) is 0.314. The summed E-state index contributed by atoms with van der Waals surface area (Å²) in [6, 6.07) is 18.5. The summed E-state index contributed by atoms with van der Waals surface area (Å²) < 4.78 is 0. The molecule has 3 aromatic rings. The highest BCUT2D eigenvalue weighted by molar-refractivity contribution is 6.31. The maximum Gasteiger partial charge on any atom is 0.303 e. The first-order valence-corrected chi connectivity index (χ1v) is 9.25. The molecular weight excluding hydrogens is 386 g/mol. The molecule has 0 saturated heterocycles. The number of halogens is 1. The van der Waals surface area contributed by atoms with Crippen molar-refractivity contribution in [1.82, 2.24) is 10.3 Å². The highest BCUT2D eigenvalue weighted by Gasteiger charge is 2.32. The lowest BCUT2D eigenvalue weighted by Crippen LogP contribution is -2.43. The van der Waals surface area contributed by atoms with E-state index in [0.717, 1.165) is 5.56 Å². The van der Waals surface area contributed by atoms with Gasteiger partial charge in [0.2, 0.25) is 5.91 Å². The zero-order valence-corrected chi connectivity index (χ0v) is 16.2. The highest BCUT2D eigenvalue weighted by Crippen LogP contribution is 2.29. The second-order valence-electron chi connectivity index (χ2n) is 6.19. The fraction of sp³-hybridized carbons (Fsp3) is 0.0870. The van der Waals surface area contributed by atoms with Crippen LogP contribution in [0.15, 0.2) is 79.1 Å². The quantitative estimate of drug-likeness (QED) is 0.637. The molecule has 1 unspecified atom stereocenters. The van der Waals surface area contributed by atoms with Crippen molar-refractivity contribution >= 4 is 29.1 Å². The molecule has 1 N–H and O–H groups in total. The molecule has 0 aliphatic rings. The summed E-state index contributed by atoms with van der Waals surface area (Å²) in [6.07, 6.45) is 8.53. The van der Waals surface area contributed by atoms with Gasteiger partial charge in [-0.25, -0.2) is 0 Å². The number of hydrogen-bond donors (Lipinski definition) is 1. The highest BCUT2D eigenvalue weighted by atomic mass is 35.5. The Bertz CT molecular complexity index is 1030. The monoisotopic (exact) mass is 403 g/mol. The van der Waals surface area contributed by atoms with E-state index in [9.17, 15) is 9.59 Å². The van der Waals surface area contributed by atoms with Crippen LogP contribution in [0.1, 0.15) is 17.2 Å². The largest absolute Gasteiger partial charge is 0.350 e. The van der Waals surface area contributed by atoms with E-state index in [1.807, 2.05) is 30.3 Å². The molecule has 5 nitrogen and oxygen atoms in total. The molecule has 6 heteroatoms. The Hall–Kier alpha value is -3.62. The third-order valence-corrected chi connectivity index (χ3v) is 4.50. The maximum atomic E-state index is 13.2. The van der Waals surface area contributed by atoms with Crippen LogP contribution in [0.4, 0.5) is 5.69 Å². The topological polar surface area (TPSA) is 62.3 Å². The smallest absolute Gasteiger partial charge is 0.303 e. The summed E-state index contributed by atoms with van der Waals surface area (Å²) in [4.78, 5) is 31.1. The van der Waals surface area contributed by atoms with Gasteiger partial charge in [0.05, 0.1) is 0 Å². The van der Waals surface area contributed by atoms with E-state index < -0.39 is 11.9 Å². The Morgan fingerprint density at radius 2 is 1.79 bits per heavy atom. The molecular formula is C23H18ClN3O2. The zero-order chi connectivity index (χ0) is 20.6. The molecule has 0 aliphatic heterocycles. The molecule has 0 saturated carbocycles. The van der Waals surface area contributed by atoms with Crippen LogP contribution in [0.3, 0.4) is 0 Å². The van der Waals surface area contributed by atoms with Crippen LogP contribution in [0.2, 0.25) is 5.02 Å². The average Bonchev–Trinajstić information content (AvgIpc) is 2.76. The van der Waals surface area contributed by atoms with Gasteiger partial charge in [-0.15, -0.1) is 6.42 Å². The standard InChI is InChI=1S/C23H18ClN3O2/c1-2-21(28)27(20-10-6-9-19(24)15-20)22(18-11-13-25-14-12-18)23(29)26-16-17-7-4-3-5-8-17/h1,3-15,22H,16H2,(H,26,29). The second kappa shape index (κ2) is 9.54. The number of aromatic nitrogens is 1. The minimum absolute atomic E-state index is 0.314. The number of carbonyl (C=O) groups is 2. The van der Waals surface area contributed by atoms with Gasteiger partial charge in [-0.05, 0) is 47.4 Å². The number of carbonyl (C=O) groups excluding carboxylic acids is 2. The minimum Gasteiger partial charge on any atom is -0.350 e. The number of nitrogens with zero attached hydrogens (tertiary/aromatic N) is 2. The van der Waals surface area contributed by atoms with Crippen molar-refractivity contribution in [3.05, 3.63) is 95.3 Å². The number of nitrogens with one attached hydrogen (secondary N) is 1. The number of pyridine rings is 1. The van der Waals surface area contributed by atoms with Crippen molar-refractivity contribution in [2.75, 3.05) is 4.90 Å². The summed E-state index contributed by atoms with van der Waals surface area (Å²) >= 11 is 6.11. The van der Waals surface area contributed by atoms with E-state index in [1.165, 1.54) is 4.90 Å². The van der Waals surface area contributed by atoms with Gasteiger partial charge in [-0.1, -0.05) is 48.0 Å². The van der Waals surface area contributed by atoms with Gasteiger partial charge >= 0.3 is 5.91 Å². The third kappa shape index (κ3) is 5.01. The van der Waals surface area contributed by atoms with E-state index in [-0.39, 0.29) is 5.91 Å². The van der Waals surface area contributed by atoms with E-state index in [0.29, 0.717) is 22.8 Å². The van der Waals surface area contributed by atoms with Gasteiger partial charge in [0.15, 0.2) is 0 Å². The van der Waals surface area contributed by atoms with Gasteiger partial charge in [0, 0.05) is 29.6 Å². The molecule has 29 heavy (non-hydrogen) atoms. The zero-order valence-electron chi connectivity index (χ0n) is 15.5. The predicted molar refractivity (Wildman–Crippen MR) is 113 cm³/mol. The molecule has 0 radical (unpaired) electrons. The number of rotatable bonds is 6. The first-order valence-electron chi connectivity index (χ1n) is 8.87. The summed E-state index contributed by atoms with van der Waals surface area (Å²) in [5, 5.41) is 3.31. The molecule has 0 fully saturated rings. The van der Waals surface area contributed by atoms with Gasteiger partial charge in [0.25, 0.3) is 0 Å². The maximum absolute atomic E-state index is 13.2. The van der Waals surface area contributed by atoms with Crippen LogP contribution in [0.25, 0.3) is 0 Å². The van der Waals surface area contributed by atoms with Crippen LogP contribution < -0.4 is 10.2 Å². The van der Waals surface area contributed by atoms with E-state index >= 15 is 0 Å². The summed E-state index contributed by atoms with van der Waals surface area (Å²) in [7, 11) is 0. The number of terminal acetylenes is 1. The molecule has 2 amide bonds. The Morgan fingerprint density at radius 3 is 2.45 bits per heavy atom. The predicted octanol–water partition coefficient (Wildman–Crippen LogP) is 3.76. The molecule has 0 aliphatic carbocycles. The summed E-state index contributed by atoms with van der Waals surface area (Å²) in [5.41, 5.74) is 1.94. The van der Waals surface area contributed by atoms with Crippen LogP contribution in [0, 0.1) is 12.3 Å². The normalized spacial score (nSPS) is 11.2. The number of anilines is 1. The third-order valence-electron chi connectivity index (χ3n) is 4.27. The average molecular weight is 404 g/mol. The van der Waals surface area contributed by atoms with Gasteiger partial charge < -0.3 is 5.32 Å². The molecule has 1 aromatic heterocycles. The van der Waals surface area contributed by atoms with Crippen molar-refractivity contribution in [3.8, 4) is 12.3 Å². The lowest BCUT2D eigenvalue weighted by Gasteiger charge is -2.30. The van der Waals surface area contributed by atoms with Crippen LogP contribution >= 0.6 is 11.6 Å².